The van der Waals surface area contributed by atoms with E-state index in [4.69, 9.17) is 16.6 Å². The van der Waals surface area contributed by atoms with E-state index in [1.165, 1.54) is 16.9 Å². The summed E-state index contributed by atoms with van der Waals surface area (Å²) in [6.07, 6.45) is 3.19. The highest BCUT2D eigenvalue weighted by Gasteiger charge is 2.51. The number of nitrogens with two attached hydrogens (primary N) is 1. The summed E-state index contributed by atoms with van der Waals surface area (Å²) in [4.78, 5) is 45.0. The fourth-order valence-corrected chi connectivity index (χ4v) is 6.33. The molecule has 2 amide bonds. The molecule has 1 aliphatic heterocycles. The smallest absolute Gasteiger partial charge is 0.278 e. The standard InChI is InChI=1S/C28H33F2N7O4S/c1-4-20(31)34-26(40)15-8-10-28(11-9-15)35(3)37-14-18(23(38)24(39)22(37)27(41)36(28)5-2)25(33)42-21(32)12-16-6-7-17(29)13-19(16)30/h6-7,13-15,32-33,39H,4-5,8-12H2,1-3H3,(H2,31,34,40). The Hall–Kier alpha value is -4.07. The van der Waals surface area contributed by atoms with Crippen LogP contribution in [0.1, 0.15) is 67.6 Å². The van der Waals surface area contributed by atoms with Gasteiger partial charge in [0, 0.05) is 44.6 Å². The Morgan fingerprint density at radius 1 is 1.21 bits per heavy atom. The Kier molecular flexibility index (Phi) is 8.85. The van der Waals surface area contributed by atoms with E-state index < -0.39 is 34.4 Å². The minimum absolute atomic E-state index is 0.0517. The summed E-state index contributed by atoms with van der Waals surface area (Å²) in [6.45, 7) is 3.88. The third-order valence-electron chi connectivity index (χ3n) is 7.94. The third kappa shape index (κ3) is 5.54. The second kappa shape index (κ2) is 12.0. The van der Waals surface area contributed by atoms with Gasteiger partial charge in [-0.05, 0) is 44.2 Å². The first-order chi connectivity index (χ1) is 19.8. The van der Waals surface area contributed by atoms with E-state index >= 15 is 0 Å². The minimum Gasteiger partial charge on any atom is -0.502 e. The molecular formula is C28H33F2N7O4S. The van der Waals surface area contributed by atoms with E-state index in [1.807, 2.05) is 6.92 Å². The Labute approximate surface area is 245 Å². The second-order valence-corrected chi connectivity index (χ2v) is 11.4. The molecule has 0 unspecified atom stereocenters. The zero-order valence-electron chi connectivity index (χ0n) is 23.5. The molecule has 14 heteroatoms. The van der Waals surface area contributed by atoms with Gasteiger partial charge >= 0.3 is 0 Å². The molecule has 224 valence electrons. The molecule has 1 aromatic heterocycles. The van der Waals surface area contributed by atoms with Crippen molar-refractivity contribution >= 4 is 39.5 Å². The maximum absolute atomic E-state index is 14.1. The molecule has 1 aliphatic carbocycles. The highest BCUT2D eigenvalue weighted by molar-refractivity contribution is 8.26. The number of nitrogens with one attached hydrogen (secondary N) is 2. The van der Waals surface area contributed by atoms with Crippen LogP contribution in [0, 0.1) is 28.4 Å². The molecule has 2 heterocycles. The molecule has 0 saturated heterocycles. The van der Waals surface area contributed by atoms with Gasteiger partial charge in [0.15, 0.2) is 11.4 Å². The van der Waals surface area contributed by atoms with Gasteiger partial charge in [-0.1, -0.05) is 24.8 Å². The molecule has 0 bridgehead atoms. The fourth-order valence-electron chi connectivity index (χ4n) is 5.60. The average Bonchev–Trinajstić information content (AvgIpc) is 2.95. The topological polar surface area (TPSA) is 169 Å². The molecule has 1 fully saturated rings. The number of halogens is 2. The number of benzene rings is 1. The summed E-state index contributed by atoms with van der Waals surface area (Å²) in [5.41, 5.74) is 3.47. The van der Waals surface area contributed by atoms with Crippen molar-refractivity contribution in [3.05, 3.63) is 63.1 Å². The molecule has 0 radical (unpaired) electrons. The summed E-state index contributed by atoms with van der Waals surface area (Å²) >= 11 is 0.586. The molecule has 1 saturated carbocycles. The van der Waals surface area contributed by atoms with Crippen molar-refractivity contribution in [1.29, 1.82) is 10.8 Å². The number of aromatic nitrogens is 1. The molecular weight excluding hydrogens is 568 g/mol. The number of carbonyl (C=O) groups is 2. The number of rotatable bonds is 6. The number of hydrogen-bond acceptors (Lipinski definition) is 8. The van der Waals surface area contributed by atoms with Crippen LogP contribution >= 0.6 is 11.8 Å². The van der Waals surface area contributed by atoms with E-state index in [-0.39, 0.29) is 57.5 Å². The van der Waals surface area contributed by atoms with Gasteiger partial charge in [0.25, 0.3) is 5.91 Å². The Morgan fingerprint density at radius 3 is 2.48 bits per heavy atom. The predicted molar refractivity (Wildman–Crippen MR) is 157 cm³/mol. The van der Waals surface area contributed by atoms with Crippen LogP contribution in [0.5, 0.6) is 5.75 Å². The van der Waals surface area contributed by atoms with Gasteiger partial charge in [-0.25, -0.2) is 13.8 Å². The summed E-state index contributed by atoms with van der Waals surface area (Å²) in [6, 6.07) is 2.97. The number of amidine groups is 1. The summed E-state index contributed by atoms with van der Waals surface area (Å²) in [5.74, 6) is -3.37. The van der Waals surface area contributed by atoms with Crippen molar-refractivity contribution in [2.24, 2.45) is 16.6 Å². The Bertz CT molecular complexity index is 1550. The van der Waals surface area contributed by atoms with Crippen molar-refractivity contribution in [1.82, 2.24) is 9.58 Å². The van der Waals surface area contributed by atoms with Crippen LogP contribution in [0.15, 0.2) is 34.2 Å². The Balaban J connectivity index is 1.63. The van der Waals surface area contributed by atoms with Crippen LogP contribution in [-0.4, -0.2) is 61.7 Å². The first-order valence-electron chi connectivity index (χ1n) is 13.5. The minimum atomic E-state index is -0.950. The second-order valence-electron chi connectivity index (χ2n) is 10.3. The van der Waals surface area contributed by atoms with Gasteiger partial charge in [0.1, 0.15) is 28.2 Å². The number of thioether (sulfide) groups is 1. The van der Waals surface area contributed by atoms with E-state index in [2.05, 4.69) is 4.99 Å². The lowest BCUT2D eigenvalue weighted by Crippen LogP contribution is -2.70. The van der Waals surface area contributed by atoms with Crippen molar-refractivity contribution in [2.45, 2.75) is 58.0 Å². The maximum Gasteiger partial charge on any atom is 0.278 e. The van der Waals surface area contributed by atoms with Crippen molar-refractivity contribution in [2.75, 3.05) is 18.6 Å². The number of aliphatic imine (C=N–C) groups is 1. The zero-order valence-corrected chi connectivity index (χ0v) is 24.4. The largest absolute Gasteiger partial charge is 0.502 e. The van der Waals surface area contributed by atoms with Gasteiger partial charge in [-0.15, -0.1) is 0 Å². The van der Waals surface area contributed by atoms with Gasteiger partial charge in [-0.3, -0.25) is 34.9 Å². The highest BCUT2D eigenvalue weighted by atomic mass is 32.2. The van der Waals surface area contributed by atoms with Crippen LogP contribution in [-0.2, 0) is 11.2 Å². The van der Waals surface area contributed by atoms with Crippen LogP contribution < -0.4 is 16.2 Å². The van der Waals surface area contributed by atoms with E-state index in [9.17, 15) is 28.3 Å². The van der Waals surface area contributed by atoms with Crippen molar-refractivity contribution < 1.29 is 23.5 Å². The lowest BCUT2D eigenvalue weighted by molar-refractivity contribution is -0.123. The third-order valence-corrected chi connectivity index (χ3v) is 8.76. The summed E-state index contributed by atoms with van der Waals surface area (Å²) in [5, 5.41) is 28.8. The quantitative estimate of drug-likeness (QED) is 0.291. The van der Waals surface area contributed by atoms with Crippen LogP contribution in [0.2, 0.25) is 0 Å². The normalized spacial score (nSPS) is 20.5. The van der Waals surface area contributed by atoms with Gasteiger partial charge < -0.3 is 15.7 Å². The molecule has 4 rings (SSSR count). The number of amides is 2. The van der Waals surface area contributed by atoms with E-state index in [0.29, 0.717) is 49.9 Å². The number of aromatic hydroxyl groups is 1. The monoisotopic (exact) mass is 601 g/mol. The number of carbonyl (C=O) groups excluding carboxylic acids is 2. The molecule has 2 aromatic rings. The fraction of sp³-hybridized carbons (Fsp3) is 0.429. The molecule has 2 aliphatic rings. The highest BCUT2D eigenvalue weighted by Crippen LogP contribution is 2.42. The van der Waals surface area contributed by atoms with E-state index in [0.717, 1.165) is 6.07 Å². The SMILES string of the molecule is CCC(N)=NC(=O)C1CCC2(CC1)N(CC)C(=O)c1c(O)c(=O)c(C(=N)SC(=N)Cc3ccc(F)cc3F)cn1N2C. The molecule has 42 heavy (non-hydrogen) atoms. The number of pyridine rings is 1. The maximum atomic E-state index is 14.1. The van der Waals surface area contributed by atoms with Crippen LogP contribution in [0.3, 0.4) is 0 Å². The zero-order chi connectivity index (χ0) is 30.9. The van der Waals surface area contributed by atoms with E-state index in [1.54, 1.807) is 23.9 Å². The predicted octanol–water partition coefficient (Wildman–Crippen LogP) is 3.33. The number of hydrogen-bond donors (Lipinski definition) is 4. The first kappa shape index (κ1) is 30.9. The van der Waals surface area contributed by atoms with Gasteiger partial charge in [-0.2, -0.15) is 0 Å². The van der Waals surface area contributed by atoms with Gasteiger partial charge in [0.2, 0.25) is 11.3 Å². The Morgan fingerprint density at radius 2 is 1.88 bits per heavy atom. The average molecular weight is 602 g/mol. The molecule has 0 atom stereocenters. The number of fused-ring (bicyclic) bond motifs is 1. The summed E-state index contributed by atoms with van der Waals surface area (Å²) in [7, 11) is 1.71. The number of nitrogens with zero attached hydrogens (tertiary/aromatic N) is 4. The lowest BCUT2D eigenvalue weighted by atomic mass is 9.79. The van der Waals surface area contributed by atoms with Crippen LogP contribution in [0.4, 0.5) is 8.78 Å². The molecule has 11 nitrogen and oxygen atoms in total. The van der Waals surface area contributed by atoms with Crippen molar-refractivity contribution in [3.63, 3.8) is 0 Å². The first-order valence-corrected chi connectivity index (χ1v) is 14.4. The molecule has 5 N–H and O–H groups in total. The van der Waals surface area contributed by atoms with Gasteiger partial charge in [0.05, 0.1) is 10.6 Å². The lowest BCUT2D eigenvalue weighted by Gasteiger charge is -2.56. The van der Waals surface area contributed by atoms with Crippen LogP contribution in [0.25, 0.3) is 0 Å². The molecule has 1 aromatic carbocycles. The van der Waals surface area contributed by atoms with Crippen molar-refractivity contribution in [3.8, 4) is 5.75 Å². The molecule has 1 spiro atoms. The summed E-state index contributed by atoms with van der Waals surface area (Å²) < 4.78 is 28.7.